The van der Waals surface area contributed by atoms with E-state index in [-0.39, 0.29) is 18.2 Å². The second kappa shape index (κ2) is 3.49. The summed E-state index contributed by atoms with van der Waals surface area (Å²) in [5, 5.41) is 2.87. The quantitative estimate of drug-likeness (QED) is 0.457. The van der Waals surface area contributed by atoms with E-state index < -0.39 is 0 Å². The van der Waals surface area contributed by atoms with Crippen molar-refractivity contribution in [3.63, 3.8) is 0 Å². The summed E-state index contributed by atoms with van der Waals surface area (Å²) in [6.45, 7) is 4.58. The van der Waals surface area contributed by atoms with Gasteiger partial charge < -0.3 is 5.32 Å². The molecule has 1 heterocycles. The summed E-state index contributed by atoms with van der Waals surface area (Å²) in [6.07, 6.45) is 0.183. The van der Waals surface area contributed by atoms with E-state index in [9.17, 15) is 9.59 Å². The van der Waals surface area contributed by atoms with Crippen LogP contribution in [0.3, 0.4) is 0 Å². The number of nitrogens with zero attached hydrogens (tertiary/aromatic N) is 1. The summed E-state index contributed by atoms with van der Waals surface area (Å²) >= 11 is 0. The van der Waals surface area contributed by atoms with Crippen molar-refractivity contribution in [2.75, 3.05) is 20.1 Å². The van der Waals surface area contributed by atoms with Crippen molar-refractivity contribution in [2.24, 2.45) is 0 Å². The molecule has 0 aromatic carbocycles. The third kappa shape index (κ3) is 1.53. The van der Waals surface area contributed by atoms with E-state index in [1.54, 1.807) is 7.05 Å². The zero-order valence-electron chi connectivity index (χ0n) is 7.09. The Hall–Kier alpha value is -1.16. The SMILES string of the molecule is C=C1CC(=O)N(CCNC)C1=O. The number of imide groups is 1. The highest BCUT2D eigenvalue weighted by Gasteiger charge is 2.31. The van der Waals surface area contributed by atoms with Crippen LogP contribution in [0.4, 0.5) is 0 Å². The molecule has 1 aliphatic heterocycles. The van der Waals surface area contributed by atoms with E-state index in [4.69, 9.17) is 0 Å². The molecule has 1 aliphatic rings. The molecule has 1 fully saturated rings. The Kier molecular flexibility index (Phi) is 2.60. The normalized spacial score (nSPS) is 17.8. The molecule has 1 rings (SSSR count). The third-order valence-electron chi connectivity index (χ3n) is 1.80. The van der Waals surface area contributed by atoms with Gasteiger partial charge >= 0.3 is 0 Å². The molecule has 0 atom stereocenters. The van der Waals surface area contributed by atoms with Gasteiger partial charge in [0, 0.05) is 18.7 Å². The van der Waals surface area contributed by atoms with Crippen molar-refractivity contribution in [3.05, 3.63) is 12.2 Å². The number of amides is 2. The van der Waals surface area contributed by atoms with Crippen LogP contribution in [-0.2, 0) is 9.59 Å². The predicted octanol–water partition coefficient (Wildman–Crippen LogP) is -0.479. The van der Waals surface area contributed by atoms with Crippen LogP contribution in [0.5, 0.6) is 0 Å². The molecule has 0 unspecified atom stereocenters. The molecule has 0 radical (unpaired) electrons. The fraction of sp³-hybridized carbons (Fsp3) is 0.500. The molecular formula is C8H12N2O2. The standard InChI is InChI=1S/C8H12N2O2/c1-6-5-7(11)10(8(6)12)4-3-9-2/h9H,1,3-5H2,2H3. The van der Waals surface area contributed by atoms with Gasteiger partial charge in [0.1, 0.15) is 0 Å². The molecule has 12 heavy (non-hydrogen) atoms. The van der Waals surface area contributed by atoms with E-state index in [0.717, 1.165) is 0 Å². The zero-order chi connectivity index (χ0) is 9.14. The van der Waals surface area contributed by atoms with Gasteiger partial charge in [-0.3, -0.25) is 14.5 Å². The molecule has 0 aromatic heterocycles. The van der Waals surface area contributed by atoms with Crippen LogP contribution in [0.2, 0.25) is 0 Å². The first-order valence-corrected chi connectivity index (χ1v) is 3.84. The molecule has 2 amide bonds. The first-order valence-electron chi connectivity index (χ1n) is 3.84. The molecular weight excluding hydrogens is 156 g/mol. The number of hydrogen-bond donors (Lipinski definition) is 1. The highest BCUT2D eigenvalue weighted by Crippen LogP contribution is 2.15. The van der Waals surface area contributed by atoms with E-state index in [1.165, 1.54) is 4.90 Å². The topological polar surface area (TPSA) is 49.4 Å². The average molecular weight is 168 g/mol. The fourth-order valence-corrected chi connectivity index (χ4v) is 1.11. The molecule has 66 valence electrons. The van der Waals surface area contributed by atoms with Gasteiger partial charge in [0.15, 0.2) is 0 Å². The Balaban J connectivity index is 2.58. The summed E-state index contributed by atoms with van der Waals surface area (Å²) in [6, 6.07) is 0. The molecule has 1 N–H and O–H groups in total. The Morgan fingerprint density at radius 2 is 2.25 bits per heavy atom. The predicted molar refractivity (Wildman–Crippen MR) is 44.4 cm³/mol. The van der Waals surface area contributed by atoms with Crippen molar-refractivity contribution < 1.29 is 9.59 Å². The number of nitrogens with one attached hydrogen (secondary N) is 1. The molecule has 0 spiro atoms. The Bertz CT molecular complexity index is 235. The van der Waals surface area contributed by atoms with Crippen LogP contribution in [0, 0.1) is 0 Å². The van der Waals surface area contributed by atoms with Gasteiger partial charge in [-0.1, -0.05) is 6.58 Å². The Labute approximate surface area is 71.2 Å². The number of likely N-dealkylation sites (N-methyl/N-ethyl adjacent to an activating group) is 1. The van der Waals surface area contributed by atoms with Crippen molar-refractivity contribution in [2.45, 2.75) is 6.42 Å². The number of carbonyl (C=O) groups is 2. The fourth-order valence-electron chi connectivity index (χ4n) is 1.11. The van der Waals surface area contributed by atoms with E-state index in [2.05, 4.69) is 11.9 Å². The highest BCUT2D eigenvalue weighted by atomic mass is 16.2. The van der Waals surface area contributed by atoms with Crippen LogP contribution in [0.15, 0.2) is 12.2 Å². The van der Waals surface area contributed by atoms with Gasteiger partial charge in [-0.25, -0.2) is 0 Å². The maximum absolute atomic E-state index is 11.2. The molecule has 0 saturated carbocycles. The molecule has 4 nitrogen and oxygen atoms in total. The van der Waals surface area contributed by atoms with Gasteiger partial charge in [0.05, 0.1) is 6.42 Å². The van der Waals surface area contributed by atoms with Crippen LogP contribution < -0.4 is 5.32 Å². The molecule has 4 heteroatoms. The van der Waals surface area contributed by atoms with Gasteiger partial charge in [-0.15, -0.1) is 0 Å². The zero-order valence-corrected chi connectivity index (χ0v) is 7.09. The summed E-state index contributed by atoms with van der Waals surface area (Å²) in [7, 11) is 1.78. The number of rotatable bonds is 3. The van der Waals surface area contributed by atoms with E-state index in [0.29, 0.717) is 18.7 Å². The highest BCUT2D eigenvalue weighted by molar-refractivity contribution is 6.12. The van der Waals surface area contributed by atoms with Crippen LogP contribution >= 0.6 is 0 Å². The number of carbonyl (C=O) groups excluding carboxylic acids is 2. The van der Waals surface area contributed by atoms with E-state index >= 15 is 0 Å². The van der Waals surface area contributed by atoms with Gasteiger partial charge in [0.25, 0.3) is 5.91 Å². The molecule has 0 aliphatic carbocycles. The Morgan fingerprint density at radius 1 is 1.58 bits per heavy atom. The lowest BCUT2D eigenvalue weighted by Crippen LogP contribution is -2.34. The smallest absolute Gasteiger partial charge is 0.256 e. The summed E-state index contributed by atoms with van der Waals surface area (Å²) in [5.74, 6) is -0.365. The van der Waals surface area contributed by atoms with Crippen LogP contribution in [-0.4, -0.2) is 36.9 Å². The first-order chi connectivity index (χ1) is 5.66. The van der Waals surface area contributed by atoms with Crippen LogP contribution in [0.1, 0.15) is 6.42 Å². The summed E-state index contributed by atoms with van der Waals surface area (Å²) < 4.78 is 0. The van der Waals surface area contributed by atoms with E-state index in [1.807, 2.05) is 0 Å². The van der Waals surface area contributed by atoms with Crippen molar-refractivity contribution in [1.29, 1.82) is 0 Å². The maximum Gasteiger partial charge on any atom is 0.256 e. The van der Waals surface area contributed by atoms with Crippen molar-refractivity contribution in [3.8, 4) is 0 Å². The van der Waals surface area contributed by atoms with Gasteiger partial charge in [-0.2, -0.15) is 0 Å². The first kappa shape index (κ1) is 8.93. The second-order valence-electron chi connectivity index (χ2n) is 2.73. The van der Waals surface area contributed by atoms with Crippen molar-refractivity contribution >= 4 is 11.8 Å². The minimum absolute atomic E-state index is 0.139. The lowest BCUT2D eigenvalue weighted by Gasteiger charge is -2.11. The number of hydrogen-bond acceptors (Lipinski definition) is 3. The van der Waals surface area contributed by atoms with Gasteiger partial charge in [-0.05, 0) is 7.05 Å². The average Bonchev–Trinajstić information content (AvgIpc) is 2.25. The largest absolute Gasteiger partial charge is 0.318 e. The minimum Gasteiger partial charge on any atom is -0.318 e. The van der Waals surface area contributed by atoms with Crippen LogP contribution in [0.25, 0.3) is 0 Å². The summed E-state index contributed by atoms with van der Waals surface area (Å²) in [5.41, 5.74) is 0.399. The summed E-state index contributed by atoms with van der Waals surface area (Å²) in [4.78, 5) is 23.6. The number of likely N-dealkylation sites (tertiary alicyclic amines) is 1. The molecule has 0 aromatic rings. The lowest BCUT2D eigenvalue weighted by atomic mass is 10.3. The second-order valence-corrected chi connectivity index (χ2v) is 2.73. The van der Waals surface area contributed by atoms with Gasteiger partial charge in [0.2, 0.25) is 5.91 Å². The minimum atomic E-state index is -0.227. The lowest BCUT2D eigenvalue weighted by molar-refractivity contribution is -0.137. The molecule has 0 bridgehead atoms. The molecule has 1 saturated heterocycles. The monoisotopic (exact) mass is 168 g/mol. The van der Waals surface area contributed by atoms with Crippen molar-refractivity contribution in [1.82, 2.24) is 10.2 Å². The third-order valence-corrected chi connectivity index (χ3v) is 1.80. The maximum atomic E-state index is 11.2. The Morgan fingerprint density at radius 3 is 2.67 bits per heavy atom.